The highest BCUT2D eigenvalue weighted by atomic mass is 16.3. The molecule has 1 aromatic carbocycles. The number of carbonyl (C=O) groups excluding carboxylic acids is 2. The maximum atomic E-state index is 11.7. The van der Waals surface area contributed by atoms with Crippen LogP contribution in [0.25, 0.3) is 11.3 Å². The van der Waals surface area contributed by atoms with Crippen LogP contribution in [-0.4, -0.2) is 81.2 Å². The van der Waals surface area contributed by atoms with Crippen LogP contribution in [0.4, 0.5) is 0 Å². The number of pyridine rings is 1. The lowest BCUT2D eigenvalue weighted by atomic mass is 10.0. The van der Waals surface area contributed by atoms with Crippen LogP contribution in [0.5, 0.6) is 5.75 Å². The van der Waals surface area contributed by atoms with E-state index in [4.69, 9.17) is 0 Å². The Morgan fingerprint density at radius 2 is 2.03 bits per heavy atom. The third kappa shape index (κ3) is 7.11. The van der Waals surface area contributed by atoms with Crippen molar-refractivity contribution in [3.05, 3.63) is 77.8 Å². The van der Waals surface area contributed by atoms with Crippen molar-refractivity contribution in [3.63, 3.8) is 0 Å². The maximum Gasteiger partial charge on any atom is 0.254 e. The SMILES string of the molecule is C=CC(=O)N1CCN(CCc2ccc(C3CC3)cn2)C[C@H]1C.CNC(=O)c1cc(-c2ccn[nH]2)c(C)cc1O. The van der Waals surface area contributed by atoms with E-state index in [1.807, 2.05) is 17.9 Å². The number of phenolic OH excluding ortho intramolecular Hbond substituents is 1. The van der Waals surface area contributed by atoms with Gasteiger partial charge in [0.05, 0.1) is 11.3 Å². The van der Waals surface area contributed by atoms with Crippen molar-refractivity contribution in [2.24, 2.45) is 0 Å². The zero-order valence-corrected chi connectivity index (χ0v) is 23.0. The van der Waals surface area contributed by atoms with Crippen molar-refractivity contribution in [1.29, 1.82) is 0 Å². The molecule has 3 N–H and O–H groups in total. The molecule has 3 aromatic rings. The van der Waals surface area contributed by atoms with Crippen molar-refractivity contribution in [3.8, 4) is 17.0 Å². The van der Waals surface area contributed by atoms with Crippen molar-refractivity contribution >= 4 is 11.8 Å². The minimum Gasteiger partial charge on any atom is -0.507 e. The number of H-pyrrole nitrogens is 1. The fourth-order valence-electron chi connectivity index (χ4n) is 4.90. The number of amides is 2. The van der Waals surface area contributed by atoms with Gasteiger partial charge in [-0.15, -0.1) is 0 Å². The summed E-state index contributed by atoms with van der Waals surface area (Å²) in [5.74, 6) is 0.482. The van der Waals surface area contributed by atoms with E-state index in [0.717, 1.165) is 55.3 Å². The van der Waals surface area contributed by atoms with Gasteiger partial charge in [-0.25, -0.2) is 0 Å². The second-order valence-electron chi connectivity index (χ2n) is 10.2. The van der Waals surface area contributed by atoms with Crippen molar-refractivity contribution in [2.75, 3.05) is 33.2 Å². The van der Waals surface area contributed by atoms with E-state index in [-0.39, 0.29) is 29.2 Å². The molecule has 2 amide bonds. The zero-order valence-electron chi connectivity index (χ0n) is 23.0. The molecule has 1 atom stereocenters. The lowest BCUT2D eigenvalue weighted by molar-refractivity contribution is -0.130. The van der Waals surface area contributed by atoms with Gasteiger partial charge in [-0.2, -0.15) is 5.10 Å². The molecular formula is C30H38N6O3. The Balaban J connectivity index is 0.000000187. The first-order chi connectivity index (χ1) is 18.8. The summed E-state index contributed by atoms with van der Waals surface area (Å²) < 4.78 is 0. The topological polar surface area (TPSA) is 114 Å². The van der Waals surface area contributed by atoms with Crippen molar-refractivity contribution in [2.45, 2.75) is 45.1 Å². The Morgan fingerprint density at radius 3 is 2.62 bits per heavy atom. The fraction of sp³-hybridized carbons (Fsp3) is 0.400. The van der Waals surface area contributed by atoms with Gasteiger partial charge in [-0.05, 0) is 74.1 Å². The predicted octanol–water partition coefficient (Wildman–Crippen LogP) is 3.67. The molecule has 0 radical (unpaired) electrons. The van der Waals surface area contributed by atoms with Crippen molar-refractivity contribution < 1.29 is 14.7 Å². The number of aromatic nitrogens is 3. The van der Waals surface area contributed by atoms with Crippen LogP contribution in [-0.2, 0) is 11.2 Å². The summed E-state index contributed by atoms with van der Waals surface area (Å²) in [5, 5.41) is 18.9. The first kappa shape index (κ1) is 28.0. The van der Waals surface area contributed by atoms with E-state index >= 15 is 0 Å². The Labute approximate surface area is 229 Å². The standard InChI is InChI=1S/C18H25N3O.C12H13N3O2/c1-3-18(22)21-11-10-20(13-14(21)2)9-8-17-7-6-16(12-19-17)15-4-5-15;1-7-5-11(16)9(12(17)13-2)6-8(7)10-3-4-14-15-10/h3,6-7,12,14-15H,1,4-5,8-11,13H2,2H3;3-6,16H,1-2H3,(H,13,17)(H,14,15)/t14-;/m1./s1. The summed E-state index contributed by atoms with van der Waals surface area (Å²) >= 11 is 0. The highest BCUT2D eigenvalue weighted by molar-refractivity contribution is 5.98. The monoisotopic (exact) mass is 530 g/mol. The summed E-state index contributed by atoms with van der Waals surface area (Å²) in [7, 11) is 1.53. The third-order valence-corrected chi connectivity index (χ3v) is 7.36. The first-order valence-electron chi connectivity index (χ1n) is 13.5. The molecule has 1 saturated carbocycles. The molecule has 39 heavy (non-hydrogen) atoms. The molecule has 9 nitrogen and oxygen atoms in total. The Bertz CT molecular complexity index is 1280. The van der Waals surface area contributed by atoms with Gasteiger partial charge in [-0.1, -0.05) is 12.6 Å². The summed E-state index contributed by atoms with van der Waals surface area (Å²) in [6.45, 7) is 11.2. The molecule has 2 aliphatic rings. The van der Waals surface area contributed by atoms with E-state index in [1.165, 1.54) is 37.2 Å². The number of aromatic hydroxyl groups is 1. The normalized spacial score (nSPS) is 17.2. The summed E-state index contributed by atoms with van der Waals surface area (Å²) in [5.41, 5.74) is 5.35. The summed E-state index contributed by atoms with van der Waals surface area (Å²) in [6.07, 6.45) is 8.74. The Kier molecular flexibility index (Phi) is 9.14. The minimum atomic E-state index is -0.316. The Morgan fingerprint density at radius 1 is 1.23 bits per heavy atom. The second-order valence-corrected chi connectivity index (χ2v) is 10.2. The van der Waals surface area contributed by atoms with Gasteiger partial charge in [0.2, 0.25) is 5.91 Å². The molecule has 2 aromatic heterocycles. The number of aryl methyl sites for hydroxylation is 1. The van der Waals surface area contributed by atoms with Crippen LogP contribution >= 0.6 is 0 Å². The molecule has 206 valence electrons. The first-order valence-corrected chi connectivity index (χ1v) is 13.5. The largest absolute Gasteiger partial charge is 0.507 e. The molecule has 2 fully saturated rings. The van der Waals surface area contributed by atoms with E-state index in [0.29, 0.717) is 0 Å². The molecule has 0 unspecified atom stereocenters. The molecule has 3 heterocycles. The maximum absolute atomic E-state index is 11.7. The van der Waals surface area contributed by atoms with Gasteiger partial charge in [0.25, 0.3) is 5.91 Å². The van der Waals surface area contributed by atoms with Crippen LogP contribution in [0, 0.1) is 6.92 Å². The number of nitrogens with zero attached hydrogens (tertiary/aromatic N) is 4. The smallest absolute Gasteiger partial charge is 0.254 e. The van der Waals surface area contributed by atoms with Gasteiger partial charge in [0.1, 0.15) is 5.75 Å². The average Bonchev–Trinajstić information content (AvgIpc) is 3.66. The van der Waals surface area contributed by atoms with Gasteiger partial charge < -0.3 is 15.3 Å². The number of aromatic amines is 1. The lowest BCUT2D eigenvalue weighted by Gasteiger charge is -2.39. The molecule has 9 heteroatoms. The lowest BCUT2D eigenvalue weighted by Crippen LogP contribution is -2.53. The van der Waals surface area contributed by atoms with Gasteiger partial charge in [0, 0.05) is 69.3 Å². The Hall–Kier alpha value is -3.98. The number of carbonyl (C=O) groups is 2. The number of hydrogen-bond donors (Lipinski definition) is 3. The molecule has 1 aliphatic carbocycles. The number of piperazine rings is 1. The van der Waals surface area contributed by atoms with Crippen LogP contribution in [0.3, 0.4) is 0 Å². The van der Waals surface area contributed by atoms with Crippen LogP contribution in [0.2, 0.25) is 0 Å². The number of nitrogens with one attached hydrogen (secondary N) is 2. The highest BCUT2D eigenvalue weighted by Gasteiger charge is 2.26. The molecule has 1 aliphatic heterocycles. The highest BCUT2D eigenvalue weighted by Crippen LogP contribution is 2.39. The number of phenols is 1. The number of hydrogen-bond acceptors (Lipinski definition) is 6. The van der Waals surface area contributed by atoms with E-state index in [9.17, 15) is 14.7 Å². The van der Waals surface area contributed by atoms with Gasteiger partial charge in [0.15, 0.2) is 0 Å². The van der Waals surface area contributed by atoms with Gasteiger partial charge >= 0.3 is 0 Å². The second kappa shape index (κ2) is 12.7. The fourth-order valence-corrected chi connectivity index (χ4v) is 4.90. The molecular weight excluding hydrogens is 492 g/mol. The van der Waals surface area contributed by atoms with Crippen LogP contribution < -0.4 is 5.32 Å². The quantitative estimate of drug-likeness (QED) is 0.402. The third-order valence-electron chi connectivity index (χ3n) is 7.36. The zero-order chi connectivity index (χ0) is 27.9. The average molecular weight is 531 g/mol. The van der Waals surface area contributed by atoms with Crippen LogP contribution in [0.1, 0.15) is 52.9 Å². The summed E-state index contributed by atoms with van der Waals surface area (Å²) in [6, 6.07) is 9.70. The van der Waals surface area contributed by atoms with Crippen LogP contribution in [0.15, 0.2) is 55.4 Å². The minimum absolute atomic E-state index is 0.0230. The van der Waals surface area contributed by atoms with Crippen molar-refractivity contribution in [1.82, 2.24) is 30.3 Å². The molecule has 0 spiro atoms. The number of benzene rings is 1. The van der Waals surface area contributed by atoms with E-state index < -0.39 is 0 Å². The predicted molar refractivity (Wildman–Crippen MR) is 152 cm³/mol. The molecule has 0 bridgehead atoms. The molecule has 5 rings (SSSR count). The van der Waals surface area contributed by atoms with Gasteiger partial charge in [-0.3, -0.25) is 24.6 Å². The summed E-state index contributed by atoms with van der Waals surface area (Å²) in [4.78, 5) is 32.2. The number of rotatable bonds is 7. The van der Waals surface area contributed by atoms with E-state index in [1.54, 1.807) is 18.3 Å². The molecule has 1 saturated heterocycles. The van der Waals surface area contributed by atoms with E-state index in [2.05, 4.69) is 57.2 Å².